The van der Waals surface area contributed by atoms with Crippen LogP contribution in [-0.4, -0.2) is 32.8 Å². The van der Waals surface area contributed by atoms with Crippen LogP contribution in [0.2, 0.25) is 5.02 Å². The lowest BCUT2D eigenvalue weighted by atomic mass is 10.2. The Bertz CT molecular complexity index is 436. The number of carbonyl (C=O) groups is 1. The van der Waals surface area contributed by atoms with Gasteiger partial charge in [0.05, 0.1) is 10.7 Å². The SMILES string of the molecule is COCC(=O)Nc1cc2c(cc1Cl)OCCO2. The summed E-state index contributed by atoms with van der Waals surface area (Å²) in [7, 11) is 1.45. The van der Waals surface area contributed by atoms with Gasteiger partial charge in [0.25, 0.3) is 0 Å². The smallest absolute Gasteiger partial charge is 0.250 e. The van der Waals surface area contributed by atoms with Crippen LogP contribution in [0, 0.1) is 0 Å². The molecule has 1 aliphatic rings. The molecule has 1 amide bonds. The van der Waals surface area contributed by atoms with E-state index >= 15 is 0 Å². The van der Waals surface area contributed by atoms with Gasteiger partial charge in [0.1, 0.15) is 19.8 Å². The van der Waals surface area contributed by atoms with Gasteiger partial charge in [-0.1, -0.05) is 11.6 Å². The molecule has 0 atom stereocenters. The van der Waals surface area contributed by atoms with E-state index in [1.54, 1.807) is 12.1 Å². The normalized spacial score (nSPS) is 13.3. The molecule has 0 bridgehead atoms. The Kier molecular flexibility index (Phi) is 3.71. The summed E-state index contributed by atoms with van der Waals surface area (Å²) in [5.41, 5.74) is 0.484. The summed E-state index contributed by atoms with van der Waals surface area (Å²) in [6, 6.07) is 3.27. The Hall–Kier alpha value is -1.46. The van der Waals surface area contributed by atoms with Crippen LogP contribution < -0.4 is 14.8 Å². The van der Waals surface area contributed by atoms with Crippen LogP contribution in [0.4, 0.5) is 5.69 Å². The molecule has 2 rings (SSSR count). The molecule has 1 heterocycles. The van der Waals surface area contributed by atoms with Crippen LogP contribution in [0.25, 0.3) is 0 Å². The highest BCUT2D eigenvalue weighted by Crippen LogP contribution is 2.37. The summed E-state index contributed by atoms with van der Waals surface area (Å²) in [6.45, 7) is 0.962. The number of anilines is 1. The maximum absolute atomic E-state index is 11.4. The second kappa shape index (κ2) is 5.25. The number of fused-ring (bicyclic) bond motifs is 1. The van der Waals surface area contributed by atoms with Gasteiger partial charge in [-0.3, -0.25) is 4.79 Å². The molecule has 0 saturated carbocycles. The third kappa shape index (κ3) is 2.81. The van der Waals surface area contributed by atoms with Crippen molar-refractivity contribution in [1.29, 1.82) is 0 Å². The molecule has 0 fully saturated rings. The molecule has 1 aromatic rings. The molecule has 6 heteroatoms. The number of amides is 1. The van der Waals surface area contributed by atoms with E-state index in [-0.39, 0.29) is 12.5 Å². The van der Waals surface area contributed by atoms with E-state index in [1.807, 2.05) is 0 Å². The number of hydrogen-bond donors (Lipinski definition) is 1. The largest absolute Gasteiger partial charge is 0.486 e. The molecular formula is C11H12ClNO4. The predicted octanol–water partition coefficient (Wildman–Crippen LogP) is 1.70. The lowest BCUT2D eigenvalue weighted by Crippen LogP contribution is -2.19. The fraction of sp³-hybridized carbons (Fsp3) is 0.364. The zero-order valence-electron chi connectivity index (χ0n) is 9.29. The van der Waals surface area contributed by atoms with Gasteiger partial charge >= 0.3 is 0 Å². The second-order valence-corrected chi connectivity index (χ2v) is 3.86. The van der Waals surface area contributed by atoms with Crippen LogP contribution in [0.5, 0.6) is 11.5 Å². The summed E-state index contributed by atoms with van der Waals surface area (Å²) in [5, 5.41) is 3.03. The molecule has 92 valence electrons. The number of nitrogens with one attached hydrogen (secondary N) is 1. The van der Waals surface area contributed by atoms with Crippen LogP contribution in [0.15, 0.2) is 12.1 Å². The van der Waals surface area contributed by atoms with E-state index in [4.69, 9.17) is 25.8 Å². The first-order valence-electron chi connectivity index (χ1n) is 5.08. The predicted molar refractivity (Wildman–Crippen MR) is 62.9 cm³/mol. The molecule has 0 aromatic heterocycles. The maximum atomic E-state index is 11.4. The summed E-state index contributed by atoms with van der Waals surface area (Å²) < 4.78 is 15.5. The molecule has 1 aromatic carbocycles. The minimum atomic E-state index is -0.272. The number of hydrogen-bond acceptors (Lipinski definition) is 4. The van der Waals surface area contributed by atoms with E-state index in [0.29, 0.717) is 35.4 Å². The minimum absolute atomic E-state index is 0.0230. The van der Waals surface area contributed by atoms with Crippen LogP contribution in [0.3, 0.4) is 0 Å². The lowest BCUT2D eigenvalue weighted by Gasteiger charge is -2.19. The van der Waals surface area contributed by atoms with E-state index in [2.05, 4.69) is 5.32 Å². The fourth-order valence-corrected chi connectivity index (χ4v) is 1.68. The van der Waals surface area contributed by atoms with Crippen molar-refractivity contribution in [1.82, 2.24) is 0 Å². The van der Waals surface area contributed by atoms with E-state index in [0.717, 1.165) is 0 Å². The van der Waals surface area contributed by atoms with Crippen molar-refractivity contribution in [3.63, 3.8) is 0 Å². The topological polar surface area (TPSA) is 56.8 Å². The van der Waals surface area contributed by atoms with Gasteiger partial charge in [0.15, 0.2) is 11.5 Å². The first-order valence-corrected chi connectivity index (χ1v) is 5.46. The third-order valence-electron chi connectivity index (χ3n) is 2.18. The van der Waals surface area contributed by atoms with Gasteiger partial charge in [0, 0.05) is 19.2 Å². The Morgan fingerprint density at radius 1 is 1.41 bits per heavy atom. The highest BCUT2D eigenvalue weighted by atomic mass is 35.5. The molecule has 0 spiro atoms. The first-order chi connectivity index (χ1) is 8.20. The highest BCUT2D eigenvalue weighted by Gasteiger charge is 2.16. The average Bonchev–Trinajstić information content (AvgIpc) is 2.30. The standard InChI is InChI=1S/C11H12ClNO4/c1-15-6-11(14)13-8-5-10-9(4-7(8)12)16-2-3-17-10/h4-5H,2-3,6H2,1H3,(H,13,14). The van der Waals surface area contributed by atoms with Gasteiger partial charge in [0.2, 0.25) is 5.91 Å². The van der Waals surface area contributed by atoms with Crippen molar-refractivity contribution in [2.24, 2.45) is 0 Å². The number of methoxy groups -OCH3 is 1. The van der Waals surface area contributed by atoms with Crippen molar-refractivity contribution in [2.45, 2.75) is 0 Å². The molecule has 0 aliphatic carbocycles. The summed E-state index contributed by atoms with van der Waals surface area (Å²) in [4.78, 5) is 11.4. The van der Waals surface area contributed by atoms with Crippen LogP contribution in [-0.2, 0) is 9.53 Å². The molecule has 1 N–H and O–H groups in total. The molecular weight excluding hydrogens is 246 g/mol. The van der Waals surface area contributed by atoms with Gasteiger partial charge in [-0.2, -0.15) is 0 Å². The van der Waals surface area contributed by atoms with Gasteiger partial charge < -0.3 is 19.5 Å². The van der Waals surface area contributed by atoms with Crippen molar-refractivity contribution >= 4 is 23.2 Å². The molecule has 0 unspecified atom stereocenters. The number of halogens is 1. The zero-order valence-corrected chi connectivity index (χ0v) is 10.0. The molecule has 0 radical (unpaired) electrons. The first kappa shape index (κ1) is 12.0. The lowest BCUT2D eigenvalue weighted by molar-refractivity contribution is -0.119. The zero-order chi connectivity index (χ0) is 12.3. The van der Waals surface area contributed by atoms with Crippen molar-refractivity contribution in [3.8, 4) is 11.5 Å². The molecule has 5 nitrogen and oxygen atoms in total. The number of carbonyl (C=O) groups excluding carboxylic acids is 1. The van der Waals surface area contributed by atoms with E-state index < -0.39 is 0 Å². The average molecular weight is 258 g/mol. The van der Waals surface area contributed by atoms with Crippen molar-refractivity contribution in [3.05, 3.63) is 17.2 Å². The molecule has 0 saturated heterocycles. The Morgan fingerprint density at radius 2 is 2.06 bits per heavy atom. The van der Waals surface area contributed by atoms with Gasteiger partial charge in [-0.05, 0) is 0 Å². The summed E-state index contributed by atoms with van der Waals surface area (Å²) >= 11 is 6.01. The third-order valence-corrected chi connectivity index (χ3v) is 2.49. The number of ether oxygens (including phenoxy) is 3. The minimum Gasteiger partial charge on any atom is -0.486 e. The molecule has 17 heavy (non-hydrogen) atoms. The van der Waals surface area contributed by atoms with Crippen LogP contribution in [0.1, 0.15) is 0 Å². The van der Waals surface area contributed by atoms with E-state index in [9.17, 15) is 4.79 Å². The summed E-state index contributed by atoms with van der Waals surface area (Å²) in [5.74, 6) is 0.894. The summed E-state index contributed by atoms with van der Waals surface area (Å²) in [6.07, 6.45) is 0. The van der Waals surface area contributed by atoms with Crippen molar-refractivity contribution < 1.29 is 19.0 Å². The van der Waals surface area contributed by atoms with E-state index in [1.165, 1.54) is 7.11 Å². The Labute approximate surface area is 104 Å². The monoisotopic (exact) mass is 257 g/mol. The van der Waals surface area contributed by atoms with Gasteiger partial charge in [-0.15, -0.1) is 0 Å². The number of benzene rings is 1. The van der Waals surface area contributed by atoms with Crippen LogP contribution >= 0.6 is 11.6 Å². The molecule has 1 aliphatic heterocycles. The maximum Gasteiger partial charge on any atom is 0.250 e. The Balaban J connectivity index is 2.19. The number of rotatable bonds is 3. The highest BCUT2D eigenvalue weighted by molar-refractivity contribution is 6.34. The van der Waals surface area contributed by atoms with Crippen molar-refractivity contribution in [2.75, 3.05) is 32.2 Å². The second-order valence-electron chi connectivity index (χ2n) is 3.46. The quantitative estimate of drug-likeness (QED) is 0.895. The fourth-order valence-electron chi connectivity index (χ4n) is 1.48. The van der Waals surface area contributed by atoms with Gasteiger partial charge in [-0.25, -0.2) is 0 Å². The Morgan fingerprint density at radius 3 is 2.71 bits per heavy atom.